The van der Waals surface area contributed by atoms with Gasteiger partial charge in [-0.15, -0.1) is 10.2 Å². The first-order valence-electron chi connectivity index (χ1n) is 36.9. The van der Waals surface area contributed by atoms with Crippen LogP contribution in [0.5, 0.6) is 0 Å². The van der Waals surface area contributed by atoms with E-state index in [1.807, 2.05) is 182 Å². The summed E-state index contributed by atoms with van der Waals surface area (Å²) in [6, 6.07) is 133. The highest BCUT2D eigenvalue weighted by molar-refractivity contribution is 5.99. The maximum Gasteiger partial charge on any atom is 0.164 e. The van der Waals surface area contributed by atoms with E-state index in [2.05, 4.69) is 212 Å². The molecular weight excluding hydrogens is 1360 g/mol. The second-order valence-electron chi connectivity index (χ2n) is 27.1. The minimum absolute atomic E-state index is 0.582. The van der Waals surface area contributed by atoms with Crippen molar-refractivity contribution in [2.24, 2.45) is 0 Å². The Kier molecular flexibility index (Phi) is 17.7. The van der Waals surface area contributed by atoms with E-state index in [9.17, 15) is 0 Å². The number of rotatable bonds is 17. The highest BCUT2D eigenvalue weighted by Gasteiger charge is 2.23. The minimum atomic E-state index is 0.582. The Morgan fingerprint density at radius 2 is 0.414 bits per heavy atom. The van der Waals surface area contributed by atoms with Gasteiger partial charge in [0.1, 0.15) is 11.0 Å². The molecule has 11 heteroatoms. The van der Waals surface area contributed by atoms with Crippen LogP contribution in [0.2, 0.25) is 0 Å². The molecule has 0 aliphatic heterocycles. The Morgan fingerprint density at radius 3 is 0.757 bits per heavy atom. The Labute approximate surface area is 642 Å². The molecule has 520 valence electrons. The first kappa shape index (κ1) is 66.5. The topological polar surface area (TPSA) is 134 Å². The number of hydrogen-bond acceptors (Lipinski definition) is 10. The van der Waals surface area contributed by atoms with Crippen molar-refractivity contribution in [3.63, 3.8) is 0 Å². The molecule has 19 aromatic rings. The fourth-order valence-corrected chi connectivity index (χ4v) is 14.7. The summed E-state index contributed by atoms with van der Waals surface area (Å²) < 4.78 is 0. The molecule has 0 N–H and O–H groups in total. The van der Waals surface area contributed by atoms with E-state index in [-0.39, 0.29) is 0 Å². The van der Waals surface area contributed by atoms with E-state index in [0.717, 1.165) is 162 Å². The molecular formula is C100H65N11. The molecule has 111 heavy (non-hydrogen) atoms. The fourth-order valence-electron chi connectivity index (χ4n) is 14.7. The highest BCUT2D eigenvalue weighted by Crippen LogP contribution is 2.47. The van der Waals surface area contributed by atoms with Crippen LogP contribution in [0.3, 0.4) is 0 Å². The second-order valence-corrected chi connectivity index (χ2v) is 27.1. The van der Waals surface area contributed by atoms with E-state index in [1.54, 1.807) is 4.80 Å². The van der Waals surface area contributed by atoms with Gasteiger partial charge in [0.05, 0.1) is 17.1 Å². The molecule has 0 atom stereocenters. The third-order valence-electron chi connectivity index (χ3n) is 20.2. The number of hydrogen-bond donors (Lipinski definition) is 0. The van der Waals surface area contributed by atoms with Crippen molar-refractivity contribution < 1.29 is 0 Å². The number of pyridine rings is 2. The molecule has 0 spiro atoms. The average Bonchev–Trinajstić information content (AvgIpc) is 1.14. The van der Waals surface area contributed by atoms with Gasteiger partial charge in [0.15, 0.2) is 34.9 Å². The molecule has 5 aromatic heterocycles. The summed E-state index contributed by atoms with van der Waals surface area (Å²) in [5, 5.41) is 9.66. The van der Waals surface area contributed by atoms with Gasteiger partial charge in [-0.1, -0.05) is 303 Å². The zero-order valence-corrected chi connectivity index (χ0v) is 59.9. The summed E-state index contributed by atoms with van der Waals surface area (Å²) in [4.78, 5) is 41.9. The smallest absolute Gasteiger partial charge is 0.164 e. The van der Waals surface area contributed by atoms with E-state index in [0.29, 0.717) is 34.9 Å². The van der Waals surface area contributed by atoms with Crippen LogP contribution >= 0.6 is 0 Å². The lowest BCUT2D eigenvalue weighted by Crippen LogP contribution is -2.00. The average molecular weight is 1420 g/mol. The zero-order chi connectivity index (χ0) is 73.8. The normalized spacial score (nSPS) is 11.2. The van der Waals surface area contributed by atoms with E-state index in [4.69, 9.17) is 50.1 Å². The van der Waals surface area contributed by atoms with Gasteiger partial charge in [0.25, 0.3) is 0 Å². The molecule has 0 bridgehead atoms. The number of aromatic nitrogens is 11. The molecule has 0 saturated heterocycles. The van der Waals surface area contributed by atoms with Crippen LogP contribution in [0.1, 0.15) is 0 Å². The second kappa shape index (κ2) is 29.6. The van der Waals surface area contributed by atoms with Gasteiger partial charge in [-0.3, -0.25) is 9.97 Å². The lowest BCUT2D eigenvalue weighted by Gasteiger charge is -2.20. The molecule has 0 amide bonds. The summed E-state index contributed by atoms with van der Waals surface area (Å²) in [6.45, 7) is 0. The van der Waals surface area contributed by atoms with Gasteiger partial charge >= 0.3 is 0 Å². The Morgan fingerprint density at radius 1 is 0.162 bits per heavy atom. The van der Waals surface area contributed by atoms with Crippen LogP contribution in [0, 0.1) is 0 Å². The van der Waals surface area contributed by atoms with E-state index in [1.165, 1.54) is 0 Å². The molecule has 0 radical (unpaired) electrons. The fraction of sp³-hybridized carbons (Fsp3) is 0. The van der Waals surface area contributed by atoms with Crippen molar-refractivity contribution in [3.05, 3.63) is 395 Å². The van der Waals surface area contributed by atoms with Crippen molar-refractivity contribution in [2.45, 2.75) is 0 Å². The quantitative estimate of drug-likeness (QED) is 0.0867. The van der Waals surface area contributed by atoms with Crippen LogP contribution in [0.25, 0.3) is 197 Å². The molecule has 0 saturated carbocycles. The van der Waals surface area contributed by atoms with Gasteiger partial charge in [-0.2, -0.15) is 4.80 Å². The van der Waals surface area contributed by atoms with Crippen molar-refractivity contribution in [2.75, 3.05) is 0 Å². The SMILES string of the molecule is c1ccc(-c2nc(-c3ccccc3)nc(-c3ccc(-c4cc(-c5ccccn5)ccc4-c4ccccc4-c4cc(-c5ccccc5-c5ccc(-n6nc7ccccc7n6)cc5)cc(-c5ccccc5-c5ccc(-c6ccccn6)cc5-c5ccc(-c6nc(-c7ccccc7)nc(-c7ccccc7)n6)cc5)c4)cc3)n2)cc1. The van der Waals surface area contributed by atoms with Crippen molar-refractivity contribution in [1.29, 1.82) is 0 Å². The monoisotopic (exact) mass is 1420 g/mol. The van der Waals surface area contributed by atoms with Crippen molar-refractivity contribution in [3.8, 4) is 186 Å². The van der Waals surface area contributed by atoms with Crippen LogP contribution in [0.15, 0.2) is 395 Å². The largest absolute Gasteiger partial charge is 0.256 e. The van der Waals surface area contributed by atoms with Gasteiger partial charge in [0.2, 0.25) is 0 Å². The summed E-state index contributed by atoms with van der Waals surface area (Å²) >= 11 is 0. The van der Waals surface area contributed by atoms with Gasteiger partial charge in [-0.05, 0) is 168 Å². The number of nitrogens with zero attached hydrogens (tertiary/aromatic N) is 11. The van der Waals surface area contributed by atoms with Crippen LogP contribution < -0.4 is 0 Å². The van der Waals surface area contributed by atoms with Gasteiger partial charge in [-0.25, -0.2) is 29.9 Å². The summed E-state index contributed by atoms with van der Waals surface area (Å²) in [6.07, 6.45) is 3.70. The molecule has 11 nitrogen and oxygen atoms in total. The summed E-state index contributed by atoms with van der Waals surface area (Å²) in [7, 11) is 0. The standard InChI is InChI=1S/C100H65N11/c1-5-25-69(26-6-1)95-103-96(70-27-7-2-8-28-70)106-99(105-95)73-47-43-67(44-48-73)89-64-75(91-39-21-23-59-101-91)53-57-87(89)85-37-17-15-35-83(85)78-61-77(82-34-14-13-33-81(82)66-51-55-80(56-52-66)111-109-93-41-19-20-42-94(93)110-111)62-79(63-78)84-36-16-18-38-86(84)88-58-54-76(92-40-22-24-60-102-92)65-90(88)68-45-49-74(50-46-68)100-107-97(71-29-9-3-10-30-71)104-98(108-100)72-31-11-4-12-32-72/h1-65H. The third kappa shape index (κ3) is 13.6. The maximum absolute atomic E-state index is 5.11. The molecule has 14 aromatic carbocycles. The highest BCUT2D eigenvalue weighted by atomic mass is 15.5. The Hall–Kier alpha value is -15.2. The first-order valence-corrected chi connectivity index (χ1v) is 36.9. The Balaban J connectivity index is 0.767. The van der Waals surface area contributed by atoms with E-state index < -0.39 is 0 Å². The summed E-state index contributed by atoms with van der Waals surface area (Å²) in [5.74, 6) is 3.58. The maximum atomic E-state index is 5.11. The van der Waals surface area contributed by atoms with Gasteiger partial charge < -0.3 is 0 Å². The van der Waals surface area contributed by atoms with Crippen molar-refractivity contribution >= 4 is 11.0 Å². The molecule has 19 rings (SSSR count). The first-order chi connectivity index (χ1) is 55.0. The third-order valence-corrected chi connectivity index (χ3v) is 20.2. The zero-order valence-electron chi connectivity index (χ0n) is 59.9. The molecule has 0 aliphatic rings. The molecule has 0 aliphatic carbocycles. The minimum Gasteiger partial charge on any atom is -0.256 e. The number of fused-ring (bicyclic) bond motifs is 1. The predicted octanol–water partition coefficient (Wildman–Crippen LogP) is 24.3. The lowest BCUT2D eigenvalue weighted by molar-refractivity contribution is 0.766. The van der Waals surface area contributed by atoms with Crippen molar-refractivity contribution in [1.82, 2.24) is 54.9 Å². The summed E-state index contributed by atoms with van der Waals surface area (Å²) in [5.41, 5.74) is 28.4. The Bertz CT molecular complexity index is 6110. The van der Waals surface area contributed by atoms with Gasteiger partial charge in [0, 0.05) is 56.9 Å². The molecule has 0 fully saturated rings. The number of benzene rings is 14. The molecule has 0 unspecified atom stereocenters. The van der Waals surface area contributed by atoms with Crippen LogP contribution in [0.4, 0.5) is 0 Å². The van der Waals surface area contributed by atoms with E-state index >= 15 is 0 Å². The lowest BCUT2D eigenvalue weighted by atomic mass is 9.84. The van der Waals surface area contributed by atoms with Crippen LogP contribution in [-0.4, -0.2) is 54.9 Å². The molecule has 5 heterocycles. The predicted molar refractivity (Wildman–Crippen MR) is 448 cm³/mol. The van der Waals surface area contributed by atoms with Crippen LogP contribution in [-0.2, 0) is 0 Å².